The second kappa shape index (κ2) is 7.74. The summed E-state index contributed by atoms with van der Waals surface area (Å²) in [5.74, 6) is 9.09. The second-order valence-corrected chi connectivity index (χ2v) is 13.2. The van der Waals surface area contributed by atoms with Crippen LogP contribution in [0.4, 0.5) is 0 Å². The van der Waals surface area contributed by atoms with E-state index in [4.69, 9.17) is 4.74 Å². The summed E-state index contributed by atoms with van der Waals surface area (Å²) in [6.45, 7) is 11.0. The van der Waals surface area contributed by atoms with Gasteiger partial charge in [0.05, 0.1) is 18.8 Å². The highest BCUT2D eigenvalue weighted by atomic mass is 16.5. The number of nitrogens with zero attached hydrogens (tertiary/aromatic N) is 4. The average molecular weight is 457 g/mol. The maximum Gasteiger partial charge on any atom is 0.171 e. The first-order chi connectivity index (χ1) is 15.8. The molecule has 1 heterocycles. The number of aryl methyl sites for hydroxylation is 1. The van der Waals surface area contributed by atoms with Crippen molar-refractivity contribution in [1.82, 2.24) is 20.2 Å². The molecule has 0 radical (unpaired) electrons. The SMILES string of the molecule is COC[C@@]1(O)CC[C@H]2[C@@H](CC[C@@H]3[C@@H]2CC[C@@]2(C)[C@H]3[C@@H]3[C@H](C)[C@@H]3[C@@H]2[C@H](C)Cn2nnc(C)n2)C1. The largest absolute Gasteiger partial charge is 0.387 e. The summed E-state index contributed by atoms with van der Waals surface area (Å²) in [5, 5.41) is 24.0. The molecule has 1 N–H and O–H groups in total. The summed E-state index contributed by atoms with van der Waals surface area (Å²) in [7, 11) is 1.73. The van der Waals surface area contributed by atoms with E-state index in [0.717, 1.165) is 72.6 Å². The fourth-order valence-corrected chi connectivity index (χ4v) is 10.7. The molecular weight excluding hydrogens is 412 g/mol. The first-order valence-corrected chi connectivity index (χ1v) is 13.7. The van der Waals surface area contributed by atoms with Crippen LogP contribution in [0, 0.1) is 71.5 Å². The van der Waals surface area contributed by atoms with Crippen molar-refractivity contribution in [3.05, 3.63) is 5.82 Å². The number of aliphatic hydroxyl groups is 1. The van der Waals surface area contributed by atoms with Gasteiger partial charge in [0.2, 0.25) is 0 Å². The van der Waals surface area contributed by atoms with Gasteiger partial charge in [-0.2, -0.15) is 4.80 Å². The predicted octanol–water partition coefficient (Wildman–Crippen LogP) is 4.37. The van der Waals surface area contributed by atoms with E-state index in [2.05, 4.69) is 36.2 Å². The molecule has 5 aliphatic carbocycles. The van der Waals surface area contributed by atoms with Crippen LogP contribution in [-0.4, -0.2) is 44.6 Å². The van der Waals surface area contributed by atoms with Gasteiger partial charge in [0, 0.05) is 7.11 Å². The van der Waals surface area contributed by atoms with Crippen LogP contribution in [0.1, 0.15) is 71.5 Å². The lowest BCUT2D eigenvalue weighted by Crippen LogP contribution is -2.53. The molecule has 0 bridgehead atoms. The minimum absolute atomic E-state index is 0.469. The number of hydrogen-bond acceptors (Lipinski definition) is 5. The van der Waals surface area contributed by atoms with Crippen molar-refractivity contribution in [2.45, 2.75) is 84.8 Å². The third-order valence-electron chi connectivity index (χ3n) is 11.5. The summed E-state index contributed by atoms with van der Waals surface area (Å²) < 4.78 is 5.39. The van der Waals surface area contributed by atoms with Gasteiger partial charge in [-0.3, -0.25) is 0 Å². The molecule has 6 rings (SSSR count). The van der Waals surface area contributed by atoms with Crippen molar-refractivity contribution >= 4 is 0 Å². The molecule has 1 aromatic heterocycles. The van der Waals surface area contributed by atoms with Crippen molar-refractivity contribution in [2.75, 3.05) is 13.7 Å². The normalized spacial score (nSPS) is 51.3. The molecule has 0 amide bonds. The van der Waals surface area contributed by atoms with Gasteiger partial charge in [0.15, 0.2) is 5.82 Å². The van der Waals surface area contributed by atoms with E-state index >= 15 is 0 Å². The van der Waals surface area contributed by atoms with E-state index in [0.29, 0.717) is 23.9 Å². The molecule has 12 atom stereocenters. The molecule has 5 fully saturated rings. The van der Waals surface area contributed by atoms with Crippen molar-refractivity contribution in [3.63, 3.8) is 0 Å². The smallest absolute Gasteiger partial charge is 0.171 e. The number of methoxy groups -OCH3 is 1. The zero-order valence-corrected chi connectivity index (χ0v) is 21.3. The van der Waals surface area contributed by atoms with Crippen LogP contribution in [0.25, 0.3) is 0 Å². The molecule has 1 aromatic rings. The molecule has 0 aliphatic heterocycles. The lowest BCUT2D eigenvalue weighted by molar-refractivity contribution is -0.132. The van der Waals surface area contributed by atoms with Crippen molar-refractivity contribution in [3.8, 4) is 0 Å². The van der Waals surface area contributed by atoms with Crippen LogP contribution in [0.3, 0.4) is 0 Å². The van der Waals surface area contributed by atoms with Crippen LogP contribution < -0.4 is 0 Å². The Morgan fingerprint density at radius 1 is 1.12 bits per heavy atom. The van der Waals surface area contributed by atoms with Crippen LogP contribution >= 0.6 is 0 Å². The summed E-state index contributed by atoms with van der Waals surface area (Å²) in [6, 6.07) is 0. The Hall–Kier alpha value is -1.01. The molecular formula is C27H44N4O2. The Bertz CT molecular complexity index is 889. The van der Waals surface area contributed by atoms with Gasteiger partial charge < -0.3 is 9.84 Å². The zero-order chi connectivity index (χ0) is 23.1. The third kappa shape index (κ3) is 3.36. The molecule has 184 valence electrons. The fourth-order valence-electron chi connectivity index (χ4n) is 10.7. The second-order valence-electron chi connectivity index (χ2n) is 13.2. The number of tetrazole rings is 1. The van der Waals surface area contributed by atoms with Gasteiger partial charge in [-0.25, -0.2) is 0 Å². The number of aromatic nitrogens is 4. The molecule has 0 aromatic carbocycles. The van der Waals surface area contributed by atoms with Crippen LogP contribution in [-0.2, 0) is 11.3 Å². The van der Waals surface area contributed by atoms with Gasteiger partial charge >= 0.3 is 0 Å². The van der Waals surface area contributed by atoms with E-state index in [1.165, 1.54) is 32.1 Å². The zero-order valence-electron chi connectivity index (χ0n) is 21.3. The first-order valence-electron chi connectivity index (χ1n) is 13.7. The van der Waals surface area contributed by atoms with E-state index in [9.17, 15) is 5.11 Å². The molecule has 5 aliphatic rings. The third-order valence-corrected chi connectivity index (χ3v) is 11.5. The van der Waals surface area contributed by atoms with Gasteiger partial charge in [0.1, 0.15) is 0 Å². The summed E-state index contributed by atoms with van der Waals surface area (Å²) in [6.07, 6.45) is 8.59. The lowest BCUT2D eigenvalue weighted by atomic mass is 9.47. The van der Waals surface area contributed by atoms with Crippen molar-refractivity contribution < 1.29 is 9.84 Å². The molecule has 0 spiro atoms. The first kappa shape index (κ1) is 22.5. The molecule has 0 saturated heterocycles. The van der Waals surface area contributed by atoms with Crippen molar-refractivity contribution in [2.24, 2.45) is 64.6 Å². The number of rotatable bonds is 5. The maximum atomic E-state index is 11.1. The summed E-state index contributed by atoms with van der Waals surface area (Å²) in [5.41, 5.74) is -0.111. The van der Waals surface area contributed by atoms with Crippen LogP contribution in [0.15, 0.2) is 0 Å². The van der Waals surface area contributed by atoms with E-state index < -0.39 is 5.60 Å². The Labute approximate surface area is 199 Å². The van der Waals surface area contributed by atoms with Gasteiger partial charge in [-0.1, -0.05) is 20.8 Å². The highest BCUT2D eigenvalue weighted by molar-refractivity contribution is 5.20. The van der Waals surface area contributed by atoms with Crippen LogP contribution in [0.2, 0.25) is 0 Å². The Morgan fingerprint density at radius 2 is 1.91 bits per heavy atom. The minimum atomic E-state index is -0.580. The predicted molar refractivity (Wildman–Crippen MR) is 126 cm³/mol. The van der Waals surface area contributed by atoms with Gasteiger partial charge in [-0.05, 0) is 122 Å². The maximum absolute atomic E-state index is 11.1. The highest BCUT2D eigenvalue weighted by Crippen LogP contribution is 2.78. The average Bonchev–Trinajstić information content (AvgIpc) is 3.08. The number of fused-ring (bicyclic) bond motifs is 7. The van der Waals surface area contributed by atoms with Gasteiger partial charge in [0.25, 0.3) is 0 Å². The number of ether oxygens (including phenoxy) is 1. The Kier molecular flexibility index (Phi) is 5.27. The molecule has 6 nitrogen and oxygen atoms in total. The fraction of sp³-hybridized carbons (Fsp3) is 0.963. The Morgan fingerprint density at radius 3 is 2.64 bits per heavy atom. The monoisotopic (exact) mass is 456 g/mol. The molecule has 5 saturated carbocycles. The highest BCUT2D eigenvalue weighted by Gasteiger charge is 2.73. The van der Waals surface area contributed by atoms with E-state index in [1.54, 1.807) is 7.11 Å². The minimum Gasteiger partial charge on any atom is -0.387 e. The van der Waals surface area contributed by atoms with Crippen molar-refractivity contribution in [1.29, 1.82) is 0 Å². The lowest BCUT2D eigenvalue weighted by Gasteiger charge is -2.58. The Balaban J connectivity index is 1.22. The molecule has 6 heteroatoms. The molecule has 33 heavy (non-hydrogen) atoms. The van der Waals surface area contributed by atoms with Crippen LogP contribution in [0.5, 0.6) is 0 Å². The summed E-state index contributed by atoms with van der Waals surface area (Å²) >= 11 is 0. The summed E-state index contributed by atoms with van der Waals surface area (Å²) in [4.78, 5) is 1.85. The topological polar surface area (TPSA) is 73.1 Å². The standard InChI is InChI=1S/C27H44N4O2/c1-15(13-31-29-17(3)28-30-31)24-22-16(2)23(22)25-21-7-6-18-12-27(32,14-33-5)11-9-19(18)20(21)8-10-26(24,25)4/h15-16,18-25,32H,6-14H2,1-5H3/t15-,16-,18+,19+,20-,21-,22+,23-,24+,25-,26-,27-/m1/s1. The number of hydrogen-bond donors (Lipinski definition) is 1. The van der Waals surface area contributed by atoms with E-state index in [1.807, 2.05) is 11.7 Å². The van der Waals surface area contributed by atoms with Gasteiger partial charge in [-0.15, -0.1) is 10.2 Å². The quantitative estimate of drug-likeness (QED) is 0.712. The van der Waals surface area contributed by atoms with E-state index in [-0.39, 0.29) is 0 Å². The molecule has 0 unspecified atom stereocenters.